The minimum absolute atomic E-state index is 0.00237. The van der Waals surface area contributed by atoms with Gasteiger partial charge in [-0.15, -0.1) is 0 Å². The number of nitrogens with zero attached hydrogens (tertiary/aromatic N) is 3. The monoisotopic (exact) mass is 369 g/mol. The summed E-state index contributed by atoms with van der Waals surface area (Å²) in [6.07, 6.45) is 5.16. The number of aromatic amines is 1. The van der Waals surface area contributed by atoms with E-state index in [4.69, 9.17) is 0 Å². The maximum Gasteiger partial charge on any atom is 0.290 e. The van der Waals surface area contributed by atoms with Crippen LogP contribution in [0.5, 0.6) is 0 Å². The van der Waals surface area contributed by atoms with E-state index in [0.29, 0.717) is 12.4 Å². The van der Waals surface area contributed by atoms with Crippen molar-refractivity contribution in [1.29, 1.82) is 0 Å². The molecule has 8 heteroatoms. The Hall–Kier alpha value is -2.74. The number of benzene rings is 1. The van der Waals surface area contributed by atoms with E-state index in [-0.39, 0.29) is 23.9 Å². The molecule has 3 aromatic rings. The molecule has 7 nitrogen and oxygen atoms in total. The van der Waals surface area contributed by atoms with Crippen LogP contribution in [0.25, 0.3) is 10.1 Å². The van der Waals surface area contributed by atoms with Crippen molar-refractivity contribution in [3.8, 4) is 0 Å². The summed E-state index contributed by atoms with van der Waals surface area (Å²) in [7, 11) is 0. The average Bonchev–Trinajstić information content (AvgIpc) is 3.05. The first-order chi connectivity index (χ1) is 12.7. The normalized spacial score (nSPS) is 17.4. The quantitative estimate of drug-likeness (QED) is 0.731. The van der Waals surface area contributed by atoms with Crippen LogP contribution in [0.3, 0.4) is 0 Å². The number of H-pyrrole nitrogens is 1. The maximum atomic E-state index is 12.5. The van der Waals surface area contributed by atoms with E-state index in [1.54, 1.807) is 6.20 Å². The Kier molecular flexibility index (Phi) is 4.66. The van der Waals surface area contributed by atoms with Crippen molar-refractivity contribution in [3.05, 3.63) is 52.7 Å². The molecule has 134 valence electrons. The molecule has 0 bridgehead atoms. The lowest BCUT2D eigenvalue weighted by molar-refractivity contribution is -0.121. The molecule has 4 rings (SSSR count). The van der Waals surface area contributed by atoms with Gasteiger partial charge in [0.25, 0.3) is 5.56 Å². The molecular formula is C18H19N5O2S. The van der Waals surface area contributed by atoms with Gasteiger partial charge in [-0.1, -0.05) is 18.2 Å². The van der Waals surface area contributed by atoms with Gasteiger partial charge in [-0.2, -0.15) is 4.37 Å². The van der Waals surface area contributed by atoms with Gasteiger partial charge >= 0.3 is 0 Å². The van der Waals surface area contributed by atoms with E-state index in [9.17, 15) is 9.59 Å². The Labute approximate surface area is 154 Å². The molecule has 3 heterocycles. The van der Waals surface area contributed by atoms with Gasteiger partial charge in [-0.3, -0.25) is 9.59 Å². The first-order valence-electron chi connectivity index (χ1n) is 8.62. The highest BCUT2D eigenvalue weighted by atomic mass is 32.1. The van der Waals surface area contributed by atoms with Crippen LogP contribution in [-0.4, -0.2) is 39.4 Å². The van der Waals surface area contributed by atoms with Crippen molar-refractivity contribution in [1.82, 2.24) is 19.7 Å². The highest BCUT2D eigenvalue weighted by Gasteiger charge is 2.24. The first kappa shape index (κ1) is 16.7. The lowest BCUT2D eigenvalue weighted by Crippen LogP contribution is -2.49. The molecule has 0 spiro atoms. The minimum atomic E-state index is -0.201. The summed E-state index contributed by atoms with van der Waals surface area (Å²) in [5.41, 5.74) is 0.616. The van der Waals surface area contributed by atoms with Crippen LogP contribution < -0.4 is 15.8 Å². The van der Waals surface area contributed by atoms with Crippen molar-refractivity contribution in [2.75, 3.05) is 18.0 Å². The van der Waals surface area contributed by atoms with Crippen LogP contribution in [0, 0.1) is 0 Å². The zero-order valence-electron chi connectivity index (χ0n) is 14.1. The summed E-state index contributed by atoms with van der Waals surface area (Å²) in [5, 5.41) is 4.12. The van der Waals surface area contributed by atoms with Crippen molar-refractivity contribution >= 4 is 33.3 Å². The van der Waals surface area contributed by atoms with Crippen LogP contribution in [0.4, 0.5) is 5.82 Å². The smallest absolute Gasteiger partial charge is 0.290 e. The average molecular weight is 369 g/mol. The fourth-order valence-corrected chi connectivity index (χ4v) is 4.15. The summed E-state index contributed by atoms with van der Waals surface area (Å²) in [6, 6.07) is 7.94. The number of carbonyl (C=O) groups excluding carboxylic acids is 1. The molecule has 1 unspecified atom stereocenters. The van der Waals surface area contributed by atoms with Crippen molar-refractivity contribution in [2.24, 2.45) is 0 Å². The lowest BCUT2D eigenvalue weighted by Gasteiger charge is -2.33. The van der Waals surface area contributed by atoms with Crippen LogP contribution in [0.2, 0.25) is 0 Å². The Morgan fingerprint density at radius 3 is 3.15 bits per heavy atom. The highest BCUT2D eigenvalue weighted by molar-refractivity contribution is 7.13. The SMILES string of the molecule is O=C(Cc1nsc2ccccc12)NC1CCCN(c2ncc[nH]c2=O)C1. The molecule has 1 saturated heterocycles. The molecule has 1 amide bonds. The number of hydrogen-bond donors (Lipinski definition) is 2. The van der Waals surface area contributed by atoms with E-state index >= 15 is 0 Å². The van der Waals surface area contributed by atoms with Crippen molar-refractivity contribution < 1.29 is 4.79 Å². The van der Waals surface area contributed by atoms with Crippen LogP contribution in [-0.2, 0) is 11.2 Å². The van der Waals surface area contributed by atoms with Gasteiger partial charge < -0.3 is 15.2 Å². The van der Waals surface area contributed by atoms with Gasteiger partial charge in [0, 0.05) is 36.9 Å². The van der Waals surface area contributed by atoms with Crippen LogP contribution in [0.1, 0.15) is 18.5 Å². The topological polar surface area (TPSA) is 91.0 Å². The number of amides is 1. The molecule has 0 radical (unpaired) electrons. The Bertz CT molecular complexity index is 983. The molecule has 2 aromatic heterocycles. The van der Waals surface area contributed by atoms with Gasteiger partial charge in [-0.25, -0.2) is 4.98 Å². The van der Waals surface area contributed by atoms with E-state index in [2.05, 4.69) is 19.7 Å². The number of fused-ring (bicyclic) bond motifs is 1. The first-order valence-corrected chi connectivity index (χ1v) is 9.39. The van der Waals surface area contributed by atoms with Gasteiger partial charge in [-0.05, 0) is 30.4 Å². The molecule has 0 aliphatic carbocycles. The third-order valence-corrected chi connectivity index (χ3v) is 5.42. The Morgan fingerprint density at radius 2 is 2.27 bits per heavy atom. The molecule has 26 heavy (non-hydrogen) atoms. The number of nitrogens with one attached hydrogen (secondary N) is 2. The lowest BCUT2D eigenvalue weighted by atomic mass is 10.1. The molecule has 1 atom stereocenters. The third-order valence-electron chi connectivity index (χ3n) is 4.56. The number of anilines is 1. The Balaban J connectivity index is 1.41. The molecule has 1 aromatic carbocycles. The maximum absolute atomic E-state index is 12.5. The van der Waals surface area contributed by atoms with Gasteiger partial charge in [0.05, 0.1) is 16.8 Å². The Morgan fingerprint density at radius 1 is 1.38 bits per heavy atom. The summed E-state index contributed by atoms with van der Waals surface area (Å²) < 4.78 is 5.51. The van der Waals surface area contributed by atoms with Crippen LogP contribution in [0.15, 0.2) is 41.5 Å². The predicted molar refractivity (Wildman–Crippen MR) is 102 cm³/mol. The molecule has 1 aliphatic rings. The summed E-state index contributed by atoms with van der Waals surface area (Å²) in [5.74, 6) is 0.375. The second-order valence-electron chi connectivity index (χ2n) is 6.40. The van der Waals surface area contributed by atoms with Crippen LogP contribution >= 0.6 is 11.5 Å². The van der Waals surface area contributed by atoms with Gasteiger partial charge in [0.2, 0.25) is 5.91 Å². The molecule has 1 aliphatic heterocycles. The number of rotatable bonds is 4. The molecule has 0 saturated carbocycles. The number of piperidine rings is 1. The number of aromatic nitrogens is 3. The summed E-state index contributed by atoms with van der Waals surface area (Å²) >= 11 is 1.42. The minimum Gasteiger partial charge on any atom is -0.351 e. The van der Waals surface area contributed by atoms with Crippen molar-refractivity contribution in [2.45, 2.75) is 25.3 Å². The number of carbonyl (C=O) groups is 1. The summed E-state index contributed by atoms with van der Waals surface area (Å²) in [4.78, 5) is 33.2. The predicted octanol–water partition coefficient (Wildman–Crippen LogP) is 1.71. The standard InChI is InChI=1S/C18H19N5O2S/c24-16(10-14-13-5-1-2-6-15(13)26-22-14)21-12-4-3-9-23(11-12)17-18(25)20-8-7-19-17/h1-2,5-8,12H,3-4,9-11H2,(H,20,25)(H,21,24). The fourth-order valence-electron chi connectivity index (χ4n) is 3.35. The highest BCUT2D eigenvalue weighted by Crippen LogP contribution is 2.22. The number of hydrogen-bond acceptors (Lipinski definition) is 6. The zero-order valence-corrected chi connectivity index (χ0v) is 15.0. The summed E-state index contributed by atoms with van der Waals surface area (Å²) in [6.45, 7) is 1.35. The van der Waals surface area contributed by atoms with E-state index in [1.165, 1.54) is 17.7 Å². The molecule has 2 N–H and O–H groups in total. The van der Waals surface area contributed by atoms with E-state index in [0.717, 1.165) is 35.2 Å². The second-order valence-corrected chi connectivity index (χ2v) is 7.20. The second kappa shape index (κ2) is 7.25. The van der Waals surface area contributed by atoms with Gasteiger partial charge in [0.15, 0.2) is 5.82 Å². The zero-order chi connectivity index (χ0) is 17.9. The molecule has 1 fully saturated rings. The van der Waals surface area contributed by atoms with E-state index < -0.39 is 0 Å². The third kappa shape index (κ3) is 3.45. The molecular weight excluding hydrogens is 350 g/mol. The van der Waals surface area contributed by atoms with Gasteiger partial charge in [0.1, 0.15) is 0 Å². The van der Waals surface area contributed by atoms with E-state index in [1.807, 2.05) is 29.2 Å². The fraction of sp³-hybridized carbons (Fsp3) is 0.333. The van der Waals surface area contributed by atoms with Crippen molar-refractivity contribution in [3.63, 3.8) is 0 Å². The largest absolute Gasteiger partial charge is 0.351 e.